The lowest BCUT2D eigenvalue weighted by Gasteiger charge is -2.20. The monoisotopic (exact) mass is 472 g/mol. The van der Waals surface area contributed by atoms with Crippen LogP contribution in [0.15, 0.2) is 43.0 Å². The Hall–Kier alpha value is -4.05. The smallest absolute Gasteiger partial charge is 0.257 e. The van der Waals surface area contributed by atoms with E-state index in [9.17, 15) is 9.59 Å². The number of rotatable bonds is 6. The van der Waals surface area contributed by atoms with E-state index in [4.69, 9.17) is 0 Å². The summed E-state index contributed by atoms with van der Waals surface area (Å²) in [5.41, 5.74) is 4.66. The first-order valence-corrected chi connectivity index (χ1v) is 11.7. The number of nitrogens with zero attached hydrogens (tertiary/aromatic N) is 5. The van der Waals surface area contributed by atoms with Gasteiger partial charge in [-0.1, -0.05) is 0 Å². The topological polar surface area (TPSA) is 121 Å². The van der Waals surface area contributed by atoms with Crippen LogP contribution in [0.5, 0.6) is 0 Å². The molecule has 0 saturated carbocycles. The molecule has 0 spiro atoms. The Balaban J connectivity index is 1.29. The first-order valence-electron chi connectivity index (χ1n) is 11.7. The Labute approximate surface area is 202 Å². The third-order valence-corrected chi connectivity index (χ3v) is 6.40. The molecule has 35 heavy (non-hydrogen) atoms. The second-order valence-corrected chi connectivity index (χ2v) is 9.07. The molecule has 0 unspecified atom stereocenters. The summed E-state index contributed by atoms with van der Waals surface area (Å²) in [5.74, 6) is -0.393. The number of anilines is 2. The average Bonchev–Trinajstić information content (AvgIpc) is 3.55. The third-order valence-electron chi connectivity index (χ3n) is 6.40. The highest BCUT2D eigenvalue weighted by molar-refractivity contribution is 6.06. The Morgan fingerprint density at radius 1 is 1.14 bits per heavy atom. The van der Waals surface area contributed by atoms with Gasteiger partial charge in [0.25, 0.3) is 5.91 Å². The van der Waals surface area contributed by atoms with E-state index in [0.29, 0.717) is 40.9 Å². The van der Waals surface area contributed by atoms with Crippen molar-refractivity contribution in [3.63, 3.8) is 0 Å². The van der Waals surface area contributed by atoms with Gasteiger partial charge in [-0.3, -0.25) is 24.2 Å². The zero-order valence-corrected chi connectivity index (χ0v) is 20.0. The average molecular weight is 473 g/mol. The van der Waals surface area contributed by atoms with E-state index in [2.05, 4.69) is 42.5 Å². The highest BCUT2D eigenvalue weighted by atomic mass is 16.2. The van der Waals surface area contributed by atoms with Crippen molar-refractivity contribution in [1.82, 2.24) is 29.6 Å². The largest absolute Gasteiger partial charge is 0.339 e. The molecule has 180 valence electrons. The van der Waals surface area contributed by atoms with Crippen molar-refractivity contribution in [2.24, 2.45) is 7.05 Å². The molecule has 5 heterocycles. The first kappa shape index (κ1) is 22.7. The van der Waals surface area contributed by atoms with Crippen molar-refractivity contribution in [3.8, 4) is 11.3 Å². The minimum Gasteiger partial charge on any atom is -0.339 e. The molecule has 4 aromatic rings. The first-order chi connectivity index (χ1) is 16.9. The summed E-state index contributed by atoms with van der Waals surface area (Å²) in [6.45, 7) is 5.23. The molecule has 1 fully saturated rings. The molecule has 1 saturated heterocycles. The van der Waals surface area contributed by atoms with Crippen LogP contribution in [0.2, 0.25) is 0 Å². The molecule has 0 bridgehead atoms. The molecule has 1 aliphatic heterocycles. The summed E-state index contributed by atoms with van der Waals surface area (Å²) < 4.78 is 1.73. The standard InChI is InChI=1S/C25H28N8O2/c1-15-5-4-6-33(15)14-23(34)29-20-9-21(16(2)26-12-20)31-25(35)18-7-17-8-22(30-24(17)27-10-18)19-11-28-32(3)13-19/h7-13,15H,4-6,14H2,1-3H3,(H,27,30)(H,29,34)(H,31,35)/t15-/m0/s1. The number of aryl methyl sites for hydroxylation is 2. The van der Waals surface area contributed by atoms with Crippen molar-refractivity contribution in [3.05, 3.63) is 54.2 Å². The lowest BCUT2D eigenvalue weighted by molar-refractivity contribution is -0.117. The van der Waals surface area contributed by atoms with Crippen molar-refractivity contribution in [2.45, 2.75) is 32.7 Å². The number of aromatic nitrogens is 5. The zero-order chi connectivity index (χ0) is 24.5. The van der Waals surface area contributed by atoms with Gasteiger partial charge in [0.2, 0.25) is 5.91 Å². The Morgan fingerprint density at radius 3 is 2.74 bits per heavy atom. The fourth-order valence-corrected chi connectivity index (χ4v) is 4.39. The van der Waals surface area contributed by atoms with Gasteiger partial charge >= 0.3 is 0 Å². The summed E-state index contributed by atoms with van der Waals surface area (Å²) in [6.07, 6.45) is 9.04. The fraction of sp³-hybridized carbons (Fsp3) is 0.320. The molecule has 5 rings (SSSR count). The normalized spacial score (nSPS) is 16.0. The molecule has 1 aliphatic rings. The van der Waals surface area contributed by atoms with Crippen LogP contribution in [0.1, 0.15) is 35.8 Å². The highest BCUT2D eigenvalue weighted by Crippen LogP contribution is 2.24. The molecule has 4 aromatic heterocycles. The maximum atomic E-state index is 13.0. The minimum absolute atomic E-state index is 0.0896. The molecule has 10 nitrogen and oxygen atoms in total. The SMILES string of the molecule is Cc1ncc(NC(=O)CN2CCC[C@@H]2C)cc1NC(=O)c1cnc2[nH]c(-c3cnn(C)c3)cc2c1. The third kappa shape index (κ3) is 4.92. The van der Waals surface area contributed by atoms with E-state index in [1.807, 2.05) is 19.3 Å². The van der Waals surface area contributed by atoms with E-state index >= 15 is 0 Å². The van der Waals surface area contributed by atoms with Crippen LogP contribution in [0.3, 0.4) is 0 Å². The summed E-state index contributed by atoms with van der Waals surface area (Å²) >= 11 is 0. The Bertz CT molecular complexity index is 1410. The van der Waals surface area contributed by atoms with Crippen LogP contribution in [-0.2, 0) is 11.8 Å². The number of hydrogen-bond acceptors (Lipinski definition) is 6. The Kier molecular flexibility index (Phi) is 6.04. The number of carbonyl (C=O) groups excluding carboxylic acids is 2. The maximum Gasteiger partial charge on any atom is 0.257 e. The number of carbonyl (C=O) groups is 2. The van der Waals surface area contributed by atoms with E-state index < -0.39 is 0 Å². The molecule has 1 atom stereocenters. The lowest BCUT2D eigenvalue weighted by atomic mass is 10.2. The van der Waals surface area contributed by atoms with Gasteiger partial charge in [-0.15, -0.1) is 0 Å². The van der Waals surface area contributed by atoms with Crippen LogP contribution in [0, 0.1) is 6.92 Å². The van der Waals surface area contributed by atoms with Gasteiger partial charge in [0.15, 0.2) is 0 Å². The van der Waals surface area contributed by atoms with Crippen LogP contribution < -0.4 is 10.6 Å². The van der Waals surface area contributed by atoms with Gasteiger partial charge < -0.3 is 15.6 Å². The summed E-state index contributed by atoms with van der Waals surface area (Å²) in [5, 5.41) is 10.8. The van der Waals surface area contributed by atoms with Crippen molar-refractivity contribution < 1.29 is 9.59 Å². The second-order valence-electron chi connectivity index (χ2n) is 9.07. The highest BCUT2D eigenvalue weighted by Gasteiger charge is 2.22. The quantitative estimate of drug-likeness (QED) is 0.396. The number of pyridine rings is 2. The van der Waals surface area contributed by atoms with Crippen molar-refractivity contribution in [2.75, 3.05) is 23.7 Å². The number of aromatic amines is 1. The molecule has 2 amide bonds. The van der Waals surface area contributed by atoms with Crippen LogP contribution >= 0.6 is 0 Å². The number of hydrogen-bond donors (Lipinski definition) is 3. The number of nitrogens with one attached hydrogen (secondary N) is 3. The van der Waals surface area contributed by atoms with Gasteiger partial charge in [-0.2, -0.15) is 5.10 Å². The summed E-state index contributed by atoms with van der Waals surface area (Å²) in [7, 11) is 1.86. The number of likely N-dealkylation sites (tertiary alicyclic amines) is 1. The van der Waals surface area contributed by atoms with Gasteiger partial charge in [0.05, 0.1) is 47.3 Å². The number of fused-ring (bicyclic) bond motifs is 1. The molecule has 0 aliphatic carbocycles. The van der Waals surface area contributed by atoms with Crippen LogP contribution in [0.4, 0.5) is 11.4 Å². The van der Waals surface area contributed by atoms with E-state index in [0.717, 1.165) is 36.0 Å². The van der Waals surface area contributed by atoms with E-state index in [-0.39, 0.29) is 11.8 Å². The van der Waals surface area contributed by atoms with Gasteiger partial charge in [-0.25, -0.2) is 4.98 Å². The fourth-order valence-electron chi connectivity index (χ4n) is 4.39. The van der Waals surface area contributed by atoms with E-state index in [1.165, 1.54) is 6.20 Å². The predicted octanol–water partition coefficient (Wildman–Crippen LogP) is 3.34. The number of H-pyrrole nitrogens is 1. The van der Waals surface area contributed by atoms with Crippen molar-refractivity contribution in [1.29, 1.82) is 0 Å². The van der Waals surface area contributed by atoms with Gasteiger partial charge in [-0.05, 0) is 51.4 Å². The van der Waals surface area contributed by atoms with Gasteiger partial charge in [0.1, 0.15) is 5.65 Å². The molecule has 0 radical (unpaired) electrons. The minimum atomic E-state index is -0.303. The maximum absolute atomic E-state index is 13.0. The van der Waals surface area contributed by atoms with E-state index in [1.54, 1.807) is 36.1 Å². The zero-order valence-electron chi connectivity index (χ0n) is 20.0. The molecule has 10 heteroatoms. The summed E-state index contributed by atoms with van der Waals surface area (Å²) in [4.78, 5) is 39.7. The van der Waals surface area contributed by atoms with Crippen molar-refractivity contribution >= 4 is 34.2 Å². The molecule has 3 N–H and O–H groups in total. The van der Waals surface area contributed by atoms with Gasteiger partial charge in [0, 0.05) is 36.4 Å². The molecule has 0 aromatic carbocycles. The Morgan fingerprint density at radius 2 is 2.00 bits per heavy atom. The predicted molar refractivity (Wildman–Crippen MR) is 134 cm³/mol. The van der Waals surface area contributed by atoms with Crippen LogP contribution in [-0.4, -0.2) is 60.6 Å². The molecular formula is C25H28N8O2. The molecular weight excluding hydrogens is 444 g/mol. The summed E-state index contributed by atoms with van der Waals surface area (Å²) in [6, 6.07) is 5.88. The lowest BCUT2D eigenvalue weighted by Crippen LogP contribution is -2.35. The number of amides is 2. The second kappa shape index (κ2) is 9.30. The van der Waals surface area contributed by atoms with Crippen LogP contribution in [0.25, 0.3) is 22.3 Å².